The Morgan fingerprint density at radius 2 is 1.78 bits per heavy atom. The molecule has 4 rings (SSSR count). The Kier molecular flexibility index (Phi) is 6.66. The number of hydrogen-bond acceptors (Lipinski definition) is 5. The zero-order valence-corrected chi connectivity index (χ0v) is 19.2. The zero-order valence-electron chi connectivity index (χ0n) is 18.4. The molecule has 0 saturated carbocycles. The van der Waals surface area contributed by atoms with Crippen molar-refractivity contribution in [3.63, 3.8) is 0 Å². The molecule has 0 bridgehead atoms. The molecule has 162 valence electrons. The van der Waals surface area contributed by atoms with Crippen LogP contribution in [0.25, 0.3) is 22.2 Å². The van der Waals surface area contributed by atoms with Crippen LogP contribution in [-0.2, 0) is 11.3 Å². The van der Waals surface area contributed by atoms with Crippen molar-refractivity contribution in [1.29, 1.82) is 0 Å². The molecular formula is C25H25N5OS. The SMILES string of the molecule is CCn1c(SCC(=O)N/N=C(/C)c2ccc3ccccc3c2)nnc1-c1ccc(C)cc1. The fourth-order valence-corrected chi connectivity index (χ4v) is 4.18. The third kappa shape index (κ3) is 4.89. The Bertz CT molecular complexity index is 1280. The molecule has 1 N–H and O–H groups in total. The van der Waals surface area contributed by atoms with E-state index in [1.165, 1.54) is 22.7 Å². The molecule has 0 saturated heterocycles. The molecule has 0 aliphatic rings. The molecule has 0 aliphatic heterocycles. The lowest BCUT2D eigenvalue weighted by atomic mass is 10.0. The number of rotatable bonds is 7. The second kappa shape index (κ2) is 9.78. The number of carbonyl (C=O) groups excluding carboxylic acids is 1. The van der Waals surface area contributed by atoms with Gasteiger partial charge in [0, 0.05) is 12.1 Å². The molecule has 1 amide bonds. The zero-order chi connectivity index (χ0) is 22.5. The maximum Gasteiger partial charge on any atom is 0.250 e. The molecule has 0 spiro atoms. The van der Waals surface area contributed by atoms with Crippen molar-refractivity contribution in [3.8, 4) is 11.4 Å². The molecule has 3 aromatic carbocycles. The summed E-state index contributed by atoms with van der Waals surface area (Å²) in [4.78, 5) is 12.4. The number of aryl methyl sites for hydroxylation is 1. The predicted molar refractivity (Wildman–Crippen MR) is 131 cm³/mol. The van der Waals surface area contributed by atoms with Gasteiger partial charge < -0.3 is 4.57 Å². The molecule has 1 heterocycles. The number of amides is 1. The summed E-state index contributed by atoms with van der Waals surface area (Å²) in [5.74, 6) is 0.832. The summed E-state index contributed by atoms with van der Waals surface area (Å²) in [6, 6.07) is 22.5. The van der Waals surface area contributed by atoms with E-state index in [1.807, 2.05) is 48.7 Å². The molecule has 0 radical (unpaired) electrons. The van der Waals surface area contributed by atoms with Crippen LogP contribution in [0.2, 0.25) is 0 Å². The lowest BCUT2D eigenvalue weighted by Gasteiger charge is -2.07. The number of benzene rings is 3. The van der Waals surface area contributed by atoms with Gasteiger partial charge in [-0.25, -0.2) is 5.43 Å². The molecule has 1 aromatic heterocycles. The van der Waals surface area contributed by atoms with E-state index in [4.69, 9.17) is 0 Å². The largest absolute Gasteiger partial charge is 0.302 e. The summed E-state index contributed by atoms with van der Waals surface area (Å²) in [7, 11) is 0. The number of nitrogens with zero attached hydrogens (tertiary/aromatic N) is 4. The highest BCUT2D eigenvalue weighted by atomic mass is 32.2. The van der Waals surface area contributed by atoms with Crippen molar-refractivity contribution in [1.82, 2.24) is 20.2 Å². The van der Waals surface area contributed by atoms with Crippen LogP contribution in [0.3, 0.4) is 0 Å². The Morgan fingerprint density at radius 1 is 1.03 bits per heavy atom. The van der Waals surface area contributed by atoms with Crippen LogP contribution in [0.1, 0.15) is 25.0 Å². The summed E-state index contributed by atoms with van der Waals surface area (Å²) in [5.41, 5.74) is 6.59. The van der Waals surface area contributed by atoms with Gasteiger partial charge in [0.15, 0.2) is 11.0 Å². The van der Waals surface area contributed by atoms with E-state index >= 15 is 0 Å². The summed E-state index contributed by atoms with van der Waals surface area (Å²) < 4.78 is 2.02. The standard InChI is InChI=1S/C25H25N5OS/c1-4-30-24(20-11-9-17(2)10-12-20)28-29-25(30)32-16-23(31)27-26-18(3)21-14-13-19-7-5-6-8-22(19)15-21/h5-15H,4,16H2,1-3H3,(H,27,31)/b26-18-. The van der Waals surface area contributed by atoms with E-state index in [0.717, 1.165) is 34.6 Å². The molecule has 7 heteroatoms. The third-order valence-electron chi connectivity index (χ3n) is 5.19. The highest BCUT2D eigenvalue weighted by molar-refractivity contribution is 7.99. The van der Waals surface area contributed by atoms with Crippen molar-refractivity contribution >= 4 is 34.2 Å². The van der Waals surface area contributed by atoms with E-state index < -0.39 is 0 Å². The van der Waals surface area contributed by atoms with Crippen LogP contribution in [0.15, 0.2) is 77.0 Å². The number of carbonyl (C=O) groups is 1. The fraction of sp³-hybridized carbons (Fsp3) is 0.200. The van der Waals surface area contributed by atoms with Gasteiger partial charge in [-0.05, 0) is 43.2 Å². The fourth-order valence-electron chi connectivity index (χ4n) is 3.38. The first-order valence-electron chi connectivity index (χ1n) is 10.5. The van der Waals surface area contributed by atoms with Gasteiger partial charge in [-0.1, -0.05) is 78.0 Å². The van der Waals surface area contributed by atoms with Crippen molar-refractivity contribution in [2.45, 2.75) is 32.5 Å². The number of hydrogen-bond donors (Lipinski definition) is 1. The molecule has 0 aliphatic carbocycles. The molecule has 6 nitrogen and oxygen atoms in total. The smallest absolute Gasteiger partial charge is 0.250 e. The Balaban J connectivity index is 1.39. The summed E-state index contributed by atoms with van der Waals surface area (Å²) in [5, 5.41) is 15.9. The lowest BCUT2D eigenvalue weighted by Crippen LogP contribution is -2.21. The summed E-state index contributed by atoms with van der Waals surface area (Å²) in [6.07, 6.45) is 0. The van der Waals surface area contributed by atoms with Gasteiger partial charge in [-0.2, -0.15) is 5.10 Å². The minimum atomic E-state index is -0.183. The predicted octanol–water partition coefficient (Wildman–Crippen LogP) is 5.06. The second-order valence-corrected chi connectivity index (χ2v) is 8.44. The molecule has 0 fully saturated rings. The minimum absolute atomic E-state index is 0.183. The topological polar surface area (TPSA) is 72.2 Å². The van der Waals surface area contributed by atoms with E-state index in [2.05, 4.69) is 64.0 Å². The van der Waals surface area contributed by atoms with Crippen LogP contribution in [0, 0.1) is 6.92 Å². The van der Waals surface area contributed by atoms with Gasteiger partial charge >= 0.3 is 0 Å². The molecule has 4 aromatic rings. The first-order chi connectivity index (χ1) is 15.5. The first kappa shape index (κ1) is 21.8. The summed E-state index contributed by atoms with van der Waals surface area (Å²) >= 11 is 1.36. The minimum Gasteiger partial charge on any atom is -0.302 e. The van der Waals surface area contributed by atoms with Crippen LogP contribution in [-0.4, -0.2) is 32.1 Å². The molecule has 32 heavy (non-hydrogen) atoms. The average Bonchev–Trinajstić information content (AvgIpc) is 3.24. The van der Waals surface area contributed by atoms with Gasteiger partial charge in [0.2, 0.25) is 0 Å². The first-order valence-corrected chi connectivity index (χ1v) is 11.5. The summed E-state index contributed by atoms with van der Waals surface area (Å²) in [6.45, 7) is 6.71. The van der Waals surface area contributed by atoms with Crippen LogP contribution >= 0.6 is 11.8 Å². The van der Waals surface area contributed by atoms with Crippen molar-refractivity contribution in [3.05, 3.63) is 77.9 Å². The molecular weight excluding hydrogens is 418 g/mol. The molecule has 0 unspecified atom stereocenters. The van der Waals surface area contributed by atoms with Gasteiger partial charge in [0.25, 0.3) is 5.91 Å². The van der Waals surface area contributed by atoms with Crippen molar-refractivity contribution < 1.29 is 4.79 Å². The van der Waals surface area contributed by atoms with Crippen LogP contribution < -0.4 is 5.43 Å². The van der Waals surface area contributed by atoms with Crippen molar-refractivity contribution in [2.75, 3.05) is 5.75 Å². The van der Waals surface area contributed by atoms with Gasteiger partial charge in [0.1, 0.15) is 0 Å². The van der Waals surface area contributed by atoms with Crippen LogP contribution in [0.4, 0.5) is 0 Å². The van der Waals surface area contributed by atoms with E-state index in [-0.39, 0.29) is 11.7 Å². The Labute approximate surface area is 191 Å². The number of nitrogens with one attached hydrogen (secondary N) is 1. The van der Waals surface area contributed by atoms with Crippen molar-refractivity contribution in [2.24, 2.45) is 5.10 Å². The van der Waals surface area contributed by atoms with E-state index in [9.17, 15) is 4.79 Å². The third-order valence-corrected chi connectivity index (χ3v) is 6.16. The highest BCUT2D eigenvalue weighted by Crippen LogP contribution is 2.24. The maximum atomic E-state index is 12.4. The normalized spacial score (nSPS) is 11.7. The van der Waals surface area contributed by atoms with Gasteiger partial charge in [0.05, 0.1) is 11.5 Å². The Morgan fingerprint density at radius 3 is 2.53 bits per heavy atom. The average molecular weight is 444 g/mol. The van der Waals surface area contributed by atoms with E-state index in [1.54, 1.807) is 0 Å². The number of fused-ring (bicyclic) bond motifs is 1. The Hall–Kier alpha value is -3.45. The number of aromatic nitrogens is 3. The highest BCUT2D eigenvalue weighted by Gasteiger charge is 2.14. The van der Waals surface area contributed by atoms with Gasteiger partial charge in [-0.3, -0.25) is 4.79 Å². The van der Waals surface area contributed by atoms with Gasteiger partial charge in [-0.15, -0.1) is 10.2 Å². The quantitative estimate of drug-likeness (QED) is 0.246. The molecule has 0 atom stereocenters. The lowest BCUT2D eigenvalue weighted by molar-refractivity contribution is -0.118. The van der Waals surface area contributed by atoms with Crippen LogP contribution in [0.5, 0.6) is 0 Å². The maximum absolute atomic E-state index is 12.4. The van der Waals surface area contributed by atoms with E-state index in [0.29, 0.717) is 5.16 Å². The monoisotopic (exact) mass is 443 g/mol. The number of hydrazone groups is 1. The second-order valence-electron chi connectivity index (χ2n) is 7.50. The number of thioether (sulfide) groups is 1.